The molecule has 1 fully saturated rings. The van der Waals surface area contributed by atoms with Gasteiger partial charge in [0, 0.05) is 32.1 Å². The lowest BCUT2D eigenvalue weighted by Gasteiger charge is -2.29. The van der Waals surface area contributed by atoms with Crippen LogP contribution in [0.1, 0.15) is 20.3 Å². The summed E-state index contributed by atoms with van der Waals surface area (Å²) in [6.45, 7) is 7.71. The van der Waals surface area contributed by atoms with Gasteiger partial charge in [0.1, 0.15) is 0 Å². The van der Waals surface area contributed by atoms with Gasteiger partial charge in [0.2, 0.25) is 5.91 Å². The highest BCUT2D eigenvalue weighted by Crippen LogP contribution is 2.06. The minimum Gasteiger partial charge on any atom is -0.340 e. The number of nitrogens with zero attached hydrogens (tertiary/aromatic N) is 1. The third-order valence-corrected chi connectivity index (χ3v) is 2.46. The largest absolute Gasteiger partial charge is 0.340 e. The molecule has 70 valence electrons. The maximum Gasteiger partial charge on any atom is 0.225 e. The molecule has 1 unspecified atom stereocenters. The lowest BCUT2D eigenvalue weighted by molar-refractivity contribution is -0.135. The maximum atomic E-state index is 11.6. The van der Waals surface area contributed by atoms with Crippen LogP contribution >= 0.6 is 0 Å². The van der Waals surface area contributed by atoms with E-state index in [4.69, 9.17) is 0 Å². The van der Waals surface area contributed by atoms with Gasteiger partial charge in [-0.3, -0.25) is 4.79 Å². The van der Waals surface area contributed by atoms with Crippen LogP contribution in [0.15, 0.2) is 0 Å². The van der Waals surface area contributed by atoms with Gasteiger partial charge in [0.05, 0.1) is 0 Å². The molecule has 12 heavy (non-hydrogen) atoms. The highest BCUT2D eigenvalue weighted by molar-refractivity contribution is 5.78. The minimum atomic E-state index is 0.197. The van der Waals surface area contributed by atoms with Crippen molar-refractivity contribution in [3.63, 3.8) is 0 Å². The summed E-state index contributed by atoms with van der Waals surface area (Å²) >= 11 is 0. The van der Waals surface area contributed by atoms with E-state index in [1.54, 1.807) is 0 Å². The number of carbonyl (C=O) groups is 1. The van der Waals surface area contributed by atoms with Crippen molar-refractivity contribution >= 4 is 5.91 Å². The van der Waals surface area contributed by atoms with Crippen LogP contribution in [0.5, 0.6) is 0 Å². The first-order chi connectivity index (χ1) is 5.75. The van der Waals surface area contributed by atoms with E-state index >= 15 is 0 Å². The number of rotatable bonds is 2. The Morgan fingerprint density at radius 3 is 2.58 bits per heavy atom. The molecule has 0 aliphatic carbocycles. The summed E-state index contributed by atoms with van der Waals surface area (Å²) in [7, 11) is 0. The molecular formula is C9H18N2O. The van der Waals surface area contributed by atoms with E-state index in [1.165, 1.54) is 0 Å². The molecule has 0 saturated carbocycles. The molecule has 1 heterocycles. The van der Waals surface area contributed by atoms with E-state index in [1.807, 2.05) is 11.8 Å². The molecule has 0 spiro atoms. The molecule has 0 radical (unpaired) electrons. The van der Waals surface area contributed by atoms with Crippen molar-refractivity contribution in [3.8, 4) is 0 Å². The third kappa shape index (κ3) is 2.21. The molecule has 0 aromatic carbocycles. The molecule has 1 saturated heterocycles. The Bertz CT molecular complexity index is 153. The summed E-state index contributed by atoms with van der Waals surface area (Å²) in [5.41, 5.74) is 0. The molecule has 1 N–H and O–H groups in total. The summed E-state index contributed by atoms with van der Waals surface area (Å²) in [4.78, 5) is 13.6. The number of nitrogens with one attached hydrogen (secondary N) is 1. The van der Waals surface area contributed by atoms with E-state index in [-0.39, 0.29) is 5.92 Å². The van der Waals surface area contributed by atoms with E-state index in [0.29, 0.717) is 5.91 Å². The number of amides is 1. The van der Waals surface area contributed by atoms with Gasteiger partial charge in [0.25, 0.3) is 0 Å². The van der Waals surface area contributed by atoms with E-state index < -0.39 is 0 Å². The van der Waals surface area contributed by atoms with Crippen molar-refractivity contribution in [2.45, 2.75) is 20.3 Å². The molecule has 1 atom stereocenters. The van der Waals surface area contributed by atoms with Gasteiger partial charge in [-0.25, -0.2) is 0 Å². The molecule has 1 rings (SSSR count). The smallest absolute Gasteiger partial charge is 0.225 e. The Hall–Kier alpha value is -0.570. The predicted molar refractivity (Wildman–Crippen MR) is 48.9 cm³/mol. The molecule has 0 aromatic heterocycles. The average molecular weight is 170 g/mol. The normalized spacial score (nSPS) is 20.7. The van der Waals surface area contributed by atoms with Crippen LogP contribution in [0, 0.1) is 5.92 Å². The van der Waals surface area contributed by atoms with Crippen LogP contribution in [0.25, 0.3) is 0 Å². The molecule has 1 aliphatic heterocycles. The number of hydrogen-bond donors (Lipinski definition) is 1. The van der Waals surface area contributed by atoms with Crippen molar-refractivity contribution in [1.29, 1.82) is 0 Å². The fourth-order valence-corrected chi connectivity index (χ4v) is 1.37. The van der Waals surface area contributed by atoms with Gasteiger partial charge in [-0.15, -0.1) is 0 Å². The summed E-state index contributed by atoms with van der Waals surface area (Å²) < 4.78 is 0. The zero-order chi connectivity index (χ0) is 8.97. The van der Waals surface area contributed by atoms with Crippen molar-refractivity contribution < 1.29 is 4.79 Å². The second kappa shape index (κ2) is 4.45. The SMILES string of the molecule is CCC(C)C(=O)N1CCNCC1. The van der Waals surface area contributed by atoms with E-state index in [0.717, 1.165) is 32.6 Å². The number of piperazine rings is 1. The Labute approximate surface area is 74.1 Å². The zero-order valence-corrected chi connectivity index (χ0v) is 7.97. The number of hydrogen-bond acceptors (Lipinski definition) is 2. The van der Waals surface area contributed by atoms with Gasteiger partial charge < -0.3 is 10.2 Å². The van der Waals surface area contributed by atoms with Crippen molar-refractivity contribution in [3.05, 3.63) is 0 Å². The molecule has 3 nitrogen and oxygen atoms in total. The van der Waals surface area contributed by atoms with Crippen molar-refractivity contribution in [1.82, 2.24) is 10.2 Å². The summed E-state index contributed by atoms with van der Waals surface area (Å²) in [5.74, 6) is 0.516. The van der Waals surface area contributed by atoms with E-state index in [2.05, 4.69) is 12.2 Å². The third-order valence-electron chi connectivity index (χ3n) is 2.46. The summed E-state index contributed by atoms with van der Waals surface area (Å²) in [6.07, 6.45) is 0.947. The van der Waals surface area contributed by atoms with Crippen LogP contribution in [0.4, 0.5) is 0 Å². The second-order valence-electron chi connectivity index (χ2n) is 3.38. The lowest BCUT2D eigenvalue weighted by atomic mass is 10.1. The molecule has 0 aromatic rings. The fraction of sp³-hybridized carbons (Fsp3) is 0.889. The van der Waals surface area contributed by atoms with Gasteiger partial charge in [-0.05, 0) is 6.42 Å². The van der Waals surface area contributed by atoms with Crippen LogP contribution in [0.2, 0.25) is 0 Å². The average Bonchev–Trinajstić information content (AvgIpc) is 2.17. The minimum absolute atomic E-state index is 0.197. The Morgan fingerprint density at radius 2 is 2.08 bits per heavy atom. The Morgan fingerprint density at radius 1 is 1.50 bits per heavy atom. The molecule has 1 amide bonds. The van der Waals surface area contributed by atoms with Gasteiger partial charge >= 0.3 is 0 Å². The van der Waals surface area contributed by atoms with Crippen molar-refractivity contribution in [2.75, 3.05) is 26.2 Å². The summed E-state index contributed by atoms with van der Waals surface area (Å²) in [6, 6.07) is 0. The molecular weight excluding hydrogens is 152 g/mol. The molecule has 0 bridgehead atoms. The molecule has 1 aliphatic rings. The monoisotopic (exact) mass is 170 g/mol. The fourth-order valence-electron chi connectivity index (χ4n) is 1.37. The zero-order valence-electron chi connectivity index (χ0n) is 7.97. The standard InChI is InChI=1S/C9H18N2O/c1-3-8(2)9(12)11-6-4-10-5-7-11/h8,10H,3-7H2,1-2H3. The lowest BCUT2D eigenvalue weighted by Crippen LogP contribution is -2.48. The maximum absolute atomic E-state index is 11.6. The topological polar surface area (TPSA) is 32.3 Å². The van der Waals surface area contributed by atoms with Crippen LogP contribution in [-0.4, -0.2) is 37.0 Å². The second-order valence-corrected chi connectivity index (χ2v) is 3.38. The molecule has 3 heteroatoms. The first-order valence-electron chi connectivity index (χ1n) is 4.75. The van der Waals surface area contributed by atoms with Crippen LogP contribution in [0.3, 0.4) is 0 Å². The van der Waals surface area contributed by atoms with E-state index in [9.17, 15) is 4.79 Å². The van der Waals surface area contributed by atoms with Crippen LogP contribution < -0.4 is 5.32 Å². The predicted octanol–water partition coefficient (Wildman–Crippen LogP) is 0.464. The van der Waals surface area contributed by atoms with Gasteiger partial charge in [0.15, 0.2) is 0 Å². The van der Waals surface area contributed by atoms with Gasteiger partial charge in [-0.2, -0.15) is 0 Å². The van der Waals surface area contributed by atoms with Gasteiger partial charge in [-0.1, -0.05) is 13.8 Å². The summed E-state index contributed by atoms with van der Waals surface area (Å²) in [5, 5.41) is 3.23. The Balaban J connectivity index is 2.39. The number of carbonyl (C=O) groups excluding carboxylic acids is 1. The van der Waals surface area contributed by atoms with Crippen molar-refractivity contribution in [2.24, 2.45) is 5.92 Å². The highest BCUT2D eigenvalue weighted by atomic mass is 16.2. The first kappa shape index (κ1) is 9.52. The Kier molecular flexibility index (Phi) is 3.53. The highest BCUT2D eigenvalue weighted by Gasteiger charge is 2.19. The van der Waals surface area contributed by atoms with Crippen LogP contribution in [-0.2, 0) is 4.79 Å². The quantitative estimate of drug-likeness (QED) is 0.653. The first-order valence-corrected chi connectivity index (χ1v) is 4.75.